The maximum absolute atomic E-state index is 5.96. The first kappa shape index (κ1) is 22.1. The average Bonchev–Trinajstić information content (AvgIpc) is 2.80. The number of para-hydroxylation sites is 1. The van der Waals surface area contributed by atoms with Crippen LogP contribution >= 0.6 is 11.8 Å². The fourth-order valence-electron chi connectivity index (χ4n) is 2.82. The van der Waals surface area contributed by atoms with E-state index in [1.807, 2.05) is 48.5 Å². The summed E-state index contributed by atoms with van der Waals surface area (Å²) in [6, 6.07) is 15.7. The third-order valence-corrected chi connectivity index (χ3v) is 5.16. The van der Waals surface area contributed by atoms with Gasteiger partial charge in [0.05, 0.1) is 33.1 Å². The van der Waals surface area contributed by atoms with Crippen LogP contribution in [0.4, 0.5) is 0 Å². The van der Waals surface area contributed by atoms with Crippen molar-refractivity contribution in [1.29, 1.82) is 0 Å². The highest BCUT2D eigenvalue weighted by Crippen LogP contribution is 2.30. The second-order valence-corrected chi connectivity index (χ2v) is 7.49. The molecule has 30 heavy (non-hydrogen) atoms. The van der Waals surface area contributed by atoms with Crippen molar-refractivity contribution in [3.05, 3.63) is 59.7 Å². The third kappa shape index (κ3) is 7.05. The molecule has 0 saturated carbocycles. The molecule has 0 amide bonds. The molecule has 1 aliphatic rings. The summed E-state index contributed by atoms with van der Waals surface area (Å²) in [6.45, 7) is 1.88. The zero-order chi connectivity index (χ0) is 21.0. The minimum atomic E-state index is -0.225. The normalized spacial score (nSPS) is 15.4. The Morgan fingerprint density at radius 2 is 1.97 bits per heavy atom. The molecule has 3 rings (SSSR count). The summed E-state index contributed by atoms with van der Waals surface area (Å²) < 4.78 is 22.5. The van der Waals surface area contributed by atoms with Gasteiger partial charge in [-0.2, -0.15) is 5.10 Å². The fourth-order valence-corrected chi connectivity index (χ4v) is 3.43. The van der Waals surface area contributed by atoms with Crippen LogP contribution in [-0.4, -0.2) is 44.6 Å². The van der Waals surface area contributed by atoms with Crippen molar-refractivity contribution in [3.8, 4) is 11.5 Å². The SMILES string of the molecule is COc1cccc(C=NN=C(N)SCc2ccccc2)c1OCCC1OCCCO1. The number of ether oxygens (including phenoxy) is 4. The lowest BCUT2D eigenvalue weighted by molar-refractivity contribution is -0.183. The molecule has 0 aromatic heterocycles. The number of benzene rings is 2. The highest BCUT2D eigenvalue weighted by molar-refractivity contribution is 8.13. The summed E-state index contributed by atoms with van der Waals surface area (Å²) >= 11 is 1.44. The van der Waals surface area contributed by atoms with Crippen LogP contribution in [0.15, 0.2) is 58.7 Å². The largest absolute Gasteiger partial charge is 0.493 e. The van der Waals surface area contributed by atoms with Gasteiger partial charge in [0.25, 0.3) is 0 Å². The number of rotatable bonds is 9. The van der Waals surface area contributed by atoms with Crippen LogP contribution in [0.3, 0.4) is 0 Å². The first-order chi connectivity index (χ1) is 14.8. The van der Waals surface area contributed by atoms with Crippen LogP contribution in [0, 0.1) is 0 Å². The van der Waals surface area contributed by atoms with E-state index in [4.69, 9.17) is 24.7 Å². The highest BCUT2D eigenvalue weighted by Gasteiger charge is 2.15. The maximum atomic E-state index is 5.96. The van der Waals surface area contributed by atoms with Crippen molar-refractivity contribution in [2.24, 2.45) is 15.9 Å². The molecule has 2 N–H and O–H groups in total. The molecule has 1 aliphatic heterocycles. The molecule has 2 aromatic carbocycles. The lowest BCUT2D eigenvalue weighted by Crippen LogP contribution is -2.26. The number of methoxy groups -OCH3 is 1. The number of nitrogens with two attached hydrogens (primary N) is 1. The molecule has 7 nitrogen and oxygen atoms in total. The van der Waals surface area contributed by atoms with Gasteiger partial charge in [0.2, 0.25) is 0 Å². The standard InChI is InChI=1S/C22H27N3O4S/c1-26-19-10-5-9-18(21(19)29-14-11-20-27-12-6-13-28-20)15-24-25-22(23)30-16-17-7-3-2-4-8-17/h2-5,7-10,15,20H,6,11-14,16H2,1H3,(H2,23,25). The molecule has 2 aromatic rings. The summed E-state index contributed by atoms with van der Waals surface area (Å²) in [5.74, 6) is 1.97. The van der Waals surface area contributed by atoms with Gasteiger partial charge >= 0.3 is 0 Å². The van der Waals surface area contributed by atoms with Crippen molar-refractivity contribution in [1.82, 2.24) is 0 Å². The molecule has 1 heterocycles. The second kappa shape index (κ2) is 12.2. The Morgan fingerprint density at radius 3 is 2.73 bits per heavy atom. The first-order valence-corrected chi connectivity index (χ1v) is 10.8. The molecule has 1 saturated heterocycles. The number of nitrogens with zero attached hydrogens (tertiary/aromatic N) is 2. The van der Waals surface area contributed by atoms with Gasteiger partial charge in [-0.05, 0) is 24.1 Å². The van der Waals surface area contributed by atoms with E-state index in [1.54, 1.807) is 13.3 Å². The quantitative estimate of drug-likeness (QED) is 0.371. The molecular weight excluding hydrogens is 402 g/mol. The Bertz CT molecular complexity index is 840. The molecular formula is C22H27N3O4S. The van der Waals surface area contributed by atoms with Gasteiger partial charge in [-0.1, -0.05) is 48.2 Å². The van der Waals surface area contributed by atoms with Crippen LogP contribution in [0.25, 0.3) is 0 Å². The Hall–Kier alpha value is -2.55. The van der Waals surface area contributed by atoms with Gasteiger partial charge in [0, 0.05) is 17.7 Å². The van der Waals surface area contributed by atoms with E-state index < -0.39 is 0 Å². The Morgan fingerprint density at radius 1 is 1.17 bits per heavy atom. The summed E-state index contributed by atoms with van der Waals surface area (Å²) in [5.41, 5.74) is 7.89. The molecule has 0 atom stereocenters. The lowest BCUT2D eigenvalue weighted by atomic mass is 10.2. The number of thioether (sulfide) groups is 1. The Kier molecular flexibility index (Phi) is 9.02. The molecule has 160 valence electrons. The predicted molar refractivity (Wildman–Crippen MR) is 120 cm³/mol. The van der Waals surface area contributed by atoms with Crippen LogP contribution in [0.2, 0.25) is 0 Å². The molecule has 0 radical (unpaired) electrons. The van der Waals surface area contributed by atoms with Crippen LogP contribution in [0.1, 0.15) is 24.0 Å². The summed E-state index contributed by atoms with van der Waals surface area (Å²) in [4.78, 5) is 0. The number of hydrogen-bond acceptors (Lipinski definition) is 7. The lowest BCUT2D eigenvalue weighted by Gasteiger charge is -2.23. The summed E-state index contributed by atoms with van der Waals surface area (Å²) in [5, 5.41) is 8.59. The zero-order valence-corrected chi connectivity index (χ0v) is 17.8. The Balaban J connectivity index is 1.58. The molecule has 1 fully saturated rings. The smallest absolute Gasteiger partial charge is 0.180 e. The molecule has 0 spiro atoms. The van der Waals surface area contributed by atoms with E-state index >= 15 is 0 Å². The van der Waals surface area contributed by atoms with E-state index in [-0.39, 0.29) is 6.29 Å². The number of amidine groups is 1. The molecule has 8 heteroatoms. The molecule has 0 unspecified atom stereocenters. The van der Waals surface area contributed by atoms with Gasteiger partial charge in [-0.15, -0.1) is 5.10 Å². The molecule has 0 aliphatic carbocycles. The topological polar surface area (TPSA) is 87.7 Å². The van der Waals surface area contributed by atoms with Crippen molar-refractivity contribution in [2.75, 3.05) is 26.9 Å². The Labute approximate surface area is 181 Å². The maximum Gasteiger partial charge on any atom is 0.180 e. The van der Waals surface area contributed by atoms with Crippen molar-refractivity contribution in [3.63, 3.8) is 0 Å². The molecule has 0 bridgehead atoms. The first-order valence-electron chi connectivity index (χ1n) is 9.82. The van der Waals surface area contributed by atoms with Crippen LogP contribution in [-0.2, 0) is 15.2 Å². The van der Waals surface area contributed by atoms with Gasteiger partial charge in [0.1, 0.15) is 0 Å². The third-order valence-electron chi connectivity index (χ3n) is 4.31. The van der Waals surface area contributed by atoms with Crippen molar-refractivity contribution in [2.45, 2.75) is 24.9 Å². The summed E-state index contributed by atoms with van der Waals surface area (Å²) in [7, 11) is 1.60. The highest BCUT2D eigenvalue weighted by atomic mass is 32.2. The average molecular weight is 430 g/mol. The number of hydrogen-bond donors (Lipinski definition) is 1. The van der Waals surface area contributed by atoms with E-state index in [9.17, 15) is 0 Å². The van der Waals surface area contributed by atoms with Crippen LogP contribution in [0.5, 0.6) is 11.5 Å². The minimum absolute atomic E-state index is 0.225. The minimum Gasteiger partial charge on any atom is -0.493 e. The van der Waals surface area contributed by atoms with Gasteiger partial charge in [-0.25, -0.2) is 0 Å². The van der Waals surface area contributed by atoms with Gasteiger partial charge in [0.15, 0.2) is 23.0 Å². The van der Waals surface area contributed by atoms with Crippen LogP contribution < -0.4 is 15.2 Å². The summed E-state index contributed by atoms with van der Waals surface area (Å²) in [6.07, 6.45) is 2.95. The monoisotopic (exact) mass is 429 g/mol. The van der Waals surface area contributed by atoms with Crippen molar-refractivity contribution >= 4 is 23.1 Å². The van der Waals surface area contributed by atoms with Gasteiger partial charge < -0.3 is 24.7 Å². The van der Waals surface area contributed by atoms with E-state index in [0.717, 1.165) is 31.0 Å². The fraction of sp³-hybridized carbons (Fsp3) is 0.364. The zero-order valence-electron chi connectivity index (χ0n) is 17.0. The van der Waals surface area contributed by atoms with E-state index in [2.05, 4.69) is 10.2 Å². The van der Waals surface area contributed by atoms with E-state index in [0.29, 0.717) is 29.7 Å². The predicted octanol–water partition coefficient (Wildman–Crippen LogP) is 3.81. The van der Waals surface area contributed by atoms with Gasteiger partial charge in [-0.3, -0.25) is 0 Å². The van der Waals surface area contributed by atoms with E-state index in [1.165, 1.54) is 17.3 Å². The van der Waals surface area contributed by atoms with Crippen molar-refractivity contribution < 1.29 is 18.9 Å². The second-order valence-electron chi connectivity index (χ2n) is 6.50.